The first-order valence-electron chi connectivity index (χ1n) is 11.2. The second-order valence-electron chi connectivity index (χ2n) is 8.31. The number of allylic oxidation sites excluding steroid dienone is 1. The third-order valence-electron chi connectivity index (χ3n) is 5.79. The van der Waals surface area contributed by atoms with Crippen molar-refractivity contribution in [1.29, 1.82) is 0 Å². The van der Waals surface area contributed by atoms with Gasteiger partial charge in [-0.05, 0) is 36.3 Å². The van der Waals surface area contributed by atoms with E-state index in [1.807, 2.05) is 88.4 Å². The summed E-state index contributed by atoms with van der Waals surface area (Å²) in [5.41, 5.74) is 4.37. The summed E-state index contributed by atoms with van der Waals surface area (Å²) in [6, 6.07) is 19.3. The number of anilines is 1. The van der Waals surface area contributed by atoms with Gasteiger partial charge in [-0.15, -0.1) is 0 Å². The number of aryl methyl sites for hydroxylation is 1. The molecule has 0 saturated carbocycles. The van der Waals surface area contributed by atoms with E-state index in [1.54, 1.807) is 0 Å². The van der Waals surface area contributed by atoms with Gasteiger partial charge in [0.15, 0.2) is 6.54 Å². The molecule has 1 aromatic heterocycles. The predicted molar refractivity (Wildman–Crippen MR) is 133 cm³/mol. The van der Waals surface area contributed by atoms with Crippen LogP contribution in [0.1, 0.15) is 24.1 Å². The normalized spacial score (nSPS) is 14.6. The third-order valence-corrected chi connectivity index (χ3v) is 7.37. The van der Waals surface area contributed by atoms with Crippen molar-refractivity contribution < 1.29 is 81.9 Å². The molecular weight excluding hydrogens is 528 g/mol. The maximum atomic E-state index is 11.2. The molecule has 2 heterocycles. The Morgan fingerprint density at radius 1 is 0.806 bits per heavy atom. The molecule has 11 heteroatoms. The number of hydrogen-bond donors (Lipinski definition) is 0. The maximum absolute atomic E-state index is 11.2. The summed E-state index contributed by atoms with van der Waals surface area (Å²) >= 11 is 0. The maximum Gasteiger partial charge on any atom is 1.00 e. The van der Waals surface area contributed by atoms with Gasteiger partial charge >= 0.3 is 51.4 Å². The molecule has 0 radical (unpaired) electrons. The number of aromatic nitrogens is 1. The zero-order valence-electron chi connectivity index (χ0n) is 19.9. The monoisotopic (exact) mass is 552 g/mol. The van der Waals surface area contributed by atoms with Gasteiger partial charge < -0.3 is 14.0 Å². The van der Waals surface area contributed by atoms with Crippen LogP contribution in [0, 0.1) is 0 Å². The molecule has 184 valence electrons. The van der Waals surface area contributed by atoms with E-state index in [9.17, 15) is 25.9 Å². The van der Waals surface area contributed by atoms with Gasteiger partial charge in [0, 0.05) is 59.5 Å². The molecule has 0 spiro atoms. The Kier molecular flexibility index (Phi) is 10.1. The molecule has 2 aromatic carbocycles. The summed E-state index contributed by atoms with van der Waals surface area (Å²) in [6.45, 7) is 0.660. The van der Waals surface area contributed by atoms with Gasteiger partial charge in [-0.25, -0.2) is 16.8 Å². The quantitative estimate of drug-likeness (QED) is 0.206. The number of fused-ring (bicyclic) bond motifs is 2. The van der Waals surface area contributed by atoms with Crippen molar-refractivity contribution in [2.75, 3.05) is 23.0 Å². The molecule has 0 fully saturated rings. The number of pyridine rings is 1. The predicted octanol–water partition coefficient (Wildman–Crippen LogP) is -0.124. The van der Waals surface area contributed by atoms with E-state index in [0.29, 0.717) is 13.1 Å². The first-order valence-corrected chi connectivity index (χ1v) is 14.3. The van der Waals surface area contributed by atoms with Crippen molar-refractivity contribution in [1.82, 2.24) is 0 Å². The van der Waals surface area contributed by atoms with E-state index < -0.39 is 31.7 Å². The largest absolute Gasteiger partial charge is 1.00 e. The molecule has 0 atom stereocenters. The molecule has 1 aliphatic rings. The molecule has 8 nitrogen and oxygen atoms in total. The van der Waals surface area contributed by atoms with Crippen LogP contribution >= 0.6 is 0 Å². The summed E-state index contributed by atoms with van der Waals surface area (Å²) in [5, 5.41) is 0.974. The van der Waals surface area contributed by atoms with Crippen molar-refractivity contribution in [3.8, 4) is 0 Å². The summed E-state index contributed by atoms with van der Waals surface area (Å²) in [5.74, 6) is -0.912. The number of nitrogens with zero attached hydrogens (tertiary/aromatic N) is 2. The average molecular weight is 553 g/mol. The summed E-state index contributed by atoms with van der Waals surface area (Å²) in [6.07, 6.45) is 6.18. The number of hydrogen-bond acceptors (Lipinski definition) is 7. The minimum absolute atomic E-state index is 0. The second kappa shape index (κ2) is 12.4. The first kappa shape index (κ1) is 29.1. The Morgan fingerprint density at radius 3 is 2.22 bits per heavy atom. The van der Waals surface area contributed by atoms with E-state index in [-0.39, 0.29) is 64.2 Å². The van der Waals surface area contributed by atoms with Crippen LogP contribution in [-0.4, -0.2) is 44.0 Å². The Morgan fingerprint density at radius 2 is 1.47 bits per heavy atom. The van der Waals surface area contributed by atoms with Crippen LogP contribution in [0.2, 0.25) is 0 Å². The van der Waals surface area contributed by atoms with Crippen molar-refractivity contribution in [2.24, 2.45) is 0 Å². The van der Waals surface area contributed by atoms with Crippen LogP contribution < -0.4 is 60.9 Å². The Labute approximate surface area is 254 Å². The summed E-state index contributed by atoms with van der Waals surface area (Å²) in [7, 11) is -8.65. The van der Waals surface area contributed by atoms with Crippen LogP contribution in [0.3, 0.4) is 0 Å². The third kappa shape index (κ3) is 7.79. The van der Waals surface area contributed by atoms with E-state index in [4.69, 9.17) is 0 Å². The van der Waals surface area contributed by atoms with E-state index in [0.717, 1.165) is 33.5 Å². The average Bonchev–Trinajstić information content (AvgIpc) is 2.80. The van der Waals surface area contributed by atoms with Crippen LogP contribution in [0.25, 0.3) is 23.1 Å². The summed E-state index contributed by atoms with van der Waals surface area (Å²) in [4.78, 5) is 1.97. The molecule has 3 aromatic rings. The van der Waals surface area contributed by atoms with Gasteiger partial charge in [0.1, 0.15) is 0 Å². The molecule has 36 heavy (non-hydrogen) atoms. The number of rotatable bonds is 9. The van der Waals surface area contributed by atoms with Crippen molar-refractivity contribution in [3.05, 3.63) is 83.7 Å². The molecule has 0 aliphatic carbocycles. The van der Waals surface area contributed by atoms with Gasteiger partial charge in [-0.3, -0.25) is 0 Å². The van der Waals surface area contributed by atoms with E-state index in [2.05, 4.69) is 0 Å². The molecule has 0 bridgehead atoms. The van der Waals surface area contributed by atoms with Gasteiger partial charge in [-0.1, -0.05) is 36.4 Å². The molecule has 1 aliphatic heterocycles. The zero-order chi connectivity index (χ0) is 25.1. The molecule has 0 unspecified atom stereocenters. The SMILES string of the molecule is O=S(=O)([O-])CCCN1C(=Cc2ccc3ccccc3[n+]2CCCS(=O)(=O)[O-])C=Cc2ccccc21.[K+]. The molecule has 4 rings (SSSR count). The topological polar surface area (TPSA) is 122 Å². The zero-order valence-corrected chi connectivity index (χ0v) is 24.7. The molecule has 0 saturated heterocycles. The minimum Gasteiger partial charge on any atom is -0.748 e. The van der Waals surface area contributed by atoms with E-state index in [1.165, 1.54) is 0 Å². The molecule has 0 N–H and O–H groups in total. The van der Waals surface area contributed by atoms with Crippen LogP contribution in [0.5, 0.6) is 0 Å². The van der Waals surface area contributed by atoms with Gasteiger partial charge in [0.05, 0.1) is 20.2 Å². The summed E-state index contributed by atoms with van der Waals surface area (Å²) < 4.78 is 68.9. The van der Waals surface area contributed by atoms with Gasteiger partial charge in [-0.2, -0.15) is 4.57 Å². The molecular formula is C25H25KN2O6S2. The van der Waals surface area contributed by atoms with Crippen molar-refractivity contribution in [3.63, 3.8) is 0 Å². The fraction of sp³-hybridized carbons (Fsp3) is 0.240. The Bertz CT molecular complexity index is 1520. The van der Waals surface area contributed by atoms with Crippen LogP contribution in [0.15, 0.2) is 72.4 Å². The van der Waals surface area contributed by atoms with Crippen LogP contribution in [-0.2, 0) is 26.8 Å². The molecule has 0 amide bonds. The standard InChI is InChI=1S/C25H26N2O6S2.K/c28-34(29,30)17-5-15-26-22(13-11-20-7-1-3-9-24(20)26)19-23-14-12-21-8-2-4-10-25(21)27(23)16-6-18-35(31,32)33;/h1-4,7-14,19H,5-6,15-18H2,(H-,28,29,30,31,32,33);/q;+1/p-1. The minimum atomic E-state index is -4.32. The van der Waals surface area contributed by atoms with E-state index >= 15 is 0 Å². The van der Waals surface area contributed by atoms with Crippen molar-refractivity contribution in [2.45, 2.75) is 19.4 Å². The fourth-order valence-electron chi connectivity index (χ4n) is 4.26. The number of benzene rings is 2. The second-order valence-corrected chi connectivity index (χ2v) is 11.4. The fourth-order valence-corrected chi connectivity index (χ4v) is 5.22. The first-order chi connectivity index (χ1) is 16.6. The Hall–Kier alpha value is -1.41. The smallest absolute Gasteiger partial charge is 0.748 e. The van der Waals surface area contributed by atoms with Gasteiger partial charge in [0.25, 0.3) is 0 Å². The van der Waals surface area contributed by atoms with Gasteiger partial charge in [0.2, 0.25) is 11.2 Å². The number of para-hydroxylation sites is 2. The van der Waals surface area contributed by atoms with Crippen LogP contribution in [0.4, 0.5) is 5.69 Å². The van der Waals surface area contributed by atoms with Crippen molar-refractivity contribution >= 4 is 49.0 Å². The Balaban J connectivity index is 0.00000361.